The van der Waals surface area contributed by atoms with E-state index in [1.807, 2.05) is 6.92 Å². The third kappa shape index (κ3) is 5.35. The van der Waals surface area contributed by atoms with Gasteiger partial charge in [0.05, 0.1) is 0 Å². The van der Waals surface area contributed by atoms with Gasteiger partial charge in [-0.05, 0) is 10.6 Å². The van der Waals surface area contributed by atoms with E-state index >= 15 is 0 Å². The maximum absolute atomic E-state index is 4.04. The zero-order chi connectivity index (χ0) is 11.6. The quantitative estimate of drug-likeness (QED) is 0.583. The second-order valence-electron chi connectivity index (χ2n) is 3.04. The van der Waals surface area contributed by atoms with Gasteiger partial charge in [-0.15, -0.1) is 0 Å². The molecular formula is C14H15NiP. The van der Waals surface area contributed by atoms with Crippen molar-refractivity contribution in [2.45, 2.75) is 6.92 Å². The minimum absolute atomic E-state index is 0.777. The van der Waals surface area contributed by atoms with Gasteiger partial charge >= 0.3 is 26.9 Å². The summed E-state index contributed by atoms with van der Waals surface area (Å²) in [6.45, 7) is 1.83. The van der Waals surface area contributed by atoms with Gasteiger partial charge in [0.2, 0.25) is 0 Å². The molecule has 0 aliphatic carbocycles. The summed E-state index contributed by atoms with van der Waals surface area (Å²) in [4.78, 5) is 1.62. The Morgan fingerprint density at radius 3 is 1.44 bits per heavy atom. The molecule has 0 radical (unpaired) electrons. The molecule has 0 aliphatic heterocycles. The monoisotopic (exact) mass is 272 g/mol. The van der Waals surface area contributed by atoms with E-state index in [9.17, 15) is 0 Å². The van der Waals surface area contributed by atoms with Gasteiger partial charge in [-0.25, -0.2) is 0 Å². The first kappa shape index (κ1) is 13.3. The van der Waals surface area contributed by atoms with E-state index < -0.39 is 0 Å². The third-order valence-corrected chi connectivity index (χ3v) is 3.08. The Labute approximate surface area is 107 Å². The molecule has 0 nitrogen and oxygen atoms in total. The van der Waals surface area contributed by atoms with Crippen molar-refractivity contribution in [3.05, 3.63) is 60.7 Å². The van der Waals surface area contributed by atoms with E-state index in [4.69, 9.17) is 0 Å². The molecule has 0 aromatic heterocycles. The summed E-state index contributed by atoms with van der Waals surface area (Å²) in [5, 5.41) is 2.79. The third-order valence-electron chi connectivity index (χ3n) is 1.84. The first-order valence-corrected chi connectivity index (χ1v) is 6.65. The number of hydrogen-bond acceptors (Lipinski definition) is 0. The molecule has 0 saturated carbocycles. The summed E-state index contributed by atoms with van der Waals surface area (Å²) in [6, 6.07) is 21.2. The van der Waals surface area contributed by atoms with E-state index in [0.29, 0.717) is 0 Å². The standard InChI is InChI=1S/C12H11P.C2H4.Ni/c1-3-7-11(8-4-1)13-12-9-5-2-6-10-12;1-2;/h1-10,13H;1H,2H3;. The number of rotatable bonds is 2. The van der Waals surface area contributed by atoms with Crippen LogP contribution in [0, 0.1) is 0 Å². The molecule has 16 heavy (non-hydrogen) atoms. The summed E-state index contributed by atoms with van der Waals surface area (Å²) in [5.74, 6) is 0. The maximum Gasteiger partial charge on any atom is -0.0226 e. The minimum atomic E-state index is 0.777. The molecular weight excluding hydrogens is 258 g/mol. The first-order valence-electron chi connectivity index (χ1n) is 5.08. The van der Waals surface area contributed by atoms with Gasteiger partial charge < -0.3 is 0 Å². The normalized spacial score (nSPS) is 8.94. The summed E-state index contributed by atoms with van der Waals surface area (Å²) in [7, 11) is 0.777. The molecule has 0 saturated heterocycles. The smallest absolute Gasteiger partial charge is 0.0226 e. The molecule has 0 bridgehead atoms. The van der Waals surface area contributed by atoms with E-state index in [2.05, 4.69) is 75.7 Å². The SMILES string of the molecule is C[CH]=[Ni].c1ccc(Pc2ccccc2)cc1. The molecule has 2 rings (SSSR count). The van der Waals surface area contributed by atoms with Crippen molar-refractivity contribution in [3.63, 3.8) is 0 Å². The fourth-order valence-corrected chi connectivity index (χ4v) is 2.26. The van der Waals surface area contributed by atoms with Crippen LogP contribution in [0.3, 0.4) is 0 Å². The Hall–Kier alpha value is -0.766. The predicted molar refractivity (Wildman–Crippen MR) is 72.2 cm³/mol. The van der Waals surface area contributed by atoms with E-state index in [-0.39, 0.29) is 0 Å². The van der Waals surface area contributed by atoms with Crippen LogP contribution in [0.1, 0.15) is 6.92 Å². The Kier molecular flexibility index (Phi) is 6.98. The molecule has 2 aromatic rings. The van der Waals surface area contributed by atoms with E-state index in [0.717, 1.165) is 8.58 Å². The molecule has 2 heteroatoms. The van der Waals surface area contributed by atoms with Gasteiger partial charge in [-0.2, -0.15) is 0 Å². The second kappa shape index (κ2) is 8.39. The van der Waals surface area contributed by atoms with Crippen molar-refractivity contribution in [2.24, 2.45) is 0 Å². The van der Waals surface area contributed by atoms with Crippen LogP contribution in [-0.4, -0.2) is 4.99 Å². The molecule has 86 valence electrons. The first-order chi connectivity index (χ1) is 7.86. The second-order valence-corrected chi connectivity index (χ2v) is 5.01. The number of benzene rings is 2. The zero-order valence-corrected chi connectivity index (χ0v) is 11.2. The largest absolute Gasteiger partial charge is 0.0622 e. The van der Waals surface area contributed by atoms with Crippen LogP contribution in [0.4, 0.5) is 0 Å². The molecule has 2 aromatic carbocycles. The topological polar surface area (TPSA) is 0 Å². The maximum atomic E-state index is 4.04. The zero-order valence-electron chi connectivity index (χ0n) is 9.17. The van der Waals surface area contributed by atoms with Gasteiger partial charge in [-0.3, -0.25) is 0 Å². The Morgan fingerprint density at radius 2 is 1.12 bits per heavy atom. The van der Waals surface area contributed by atoms with Crippen LogP contribution in [0.25, 0.3) is 0 Å². The Balaban J connectivity index is 0.000000386. The van der Waals surface area contributed by atoms with Gasteiger partial charge in [-0.1, -0.05) is 69.2 Å². The molecule has 0 spiro atoms. The molecule has 0 fully saturated rings. The average Bonchev–Trinajstić information content (AvgIpc) is 2.33. The summed E-state index contributed by atoms with van der Waals surface area (Å²) in [6.07, 6.45) is 0. The summed E-state index contributed by atoms with van der Waals surface area (Å²) in [5.41, 5.74) is 0. The van der Waals surface area contributed by atoms with Crippen molar-refractivity contribution >= 4 is 24.2 Å². The van der Waals surface area contributed by atoms with E-state index in [1.165, 1.54) is 10.6 Å². The van der Waals surface area contributed by atoms with Crippen molar-refractivity contribution in [1.82, 2.24) is 0 Å². The van der Waals surface area contributed by atoms with Crippen LogP contribution in [0.5, 0.6) is 0 Å². The molecule has 0 unspecified atom stereocenters. The molecule has 0 atom stereocenters. The Morgan fingerprint density at radius 1 is 0.812 bits per heavy atom. The predicted octanol–water partition coefficient (Wildman–Crippen LogP) is 2.67. The van der Waals surface area contributed by atoms with Crippen molar-refractivity contribution in [1.29, 1.82) is 0 Å². The Bertz CT molecular complexity index is 360. The number of hydrogen-bond donors (Lipinski definition) is 0. The van der Waals surface area contributed by atoms with Gasteiger partial charge in [0.25, 0.3) is 0 Å². The molecule has 0 heterocycles. The van der Waals surface area contributed by atoms with Crippen LogP contribution in [-0.2, 0) is 15.0 Å². The summed E-state index contributed by atoms with van der Waals surface area (Å²) < 4.78 is 0. The minimum Gasteiger partial charge on any atom is -0.0622 e. The van der Waals surface area contributed by atoms with Crippen LogP contribution >= 0.6 is 8.58 Å². The molecule has 0 N–H and O–H groups in total. The molecule has 0 aliphatic rings. The molecule has 0 amide bonds. The van der Waals surface area contributed by atoms with Gasteiger partial charge in [0.1, 0.15) is 0 Å². The van der Waals surface area contributed by atoms with E-state index in [1.54, 1.807) is 4.99 Å². The summed E-state index contributed by atoms with van der Waals surface area (Å²) >= 11 is 4.04. The van der Waals surface area contributed by atoms with Gasteiger partial charge in [0, 0.05) is 0 Å². The van der Waals surface area contributed by atoms with Crippen LogP contribution in [0.15, 0.2) is 60.7 Å². The average molecular weight is 273 g/mol. The fourth-order valence-electron chi connectivity index (χ4n) is 1.21. The van der Waals surface area contributed by atoms with Crippen molar-refractivity contribution in [3.8, 4) is 0 Å². The van der Waals surface area contributed by atoms with Crippen molar-refractivity contribution < 1.29 is 15.0 Å². The van der Waals surface area contributed by atoms with Gasteiger partial charge in [0.15, 0.2) is 0 Å². The van der Waals surface area contributed by atoms with Crippen LogP contribution in [0.2, 0.25) is 0 Å². The van der Waals surface area contributed by atoms with Crippen molar-refractivity contribution in [2.75, 3.05) is 0 Å². The fraction of sp³-hybridized carbons (Fsp3) is 0.0714. The van der Waals surface area contributed by atoms with Crippen LogP contribution < -0.4 is 10.6 Å².